The van der Waals surface area contributed by atoms with Crippen LogP contribution in [0.1, 0.15) is 6.42 Å². The Bertz CT molecular complexity index is 1270. The molecule has 3 aromatic carbocycles. The molecule has 1 N–H and O–H groups in total. The molecule has 0 saturated carbocycles. The van der Waals surface area contributed by atoms with Crippen LogP contribution < -0.4 is 5.32 Å². The third-order valence-electron chi connectivity index (χ3n) is 5.64. The maximum atomic E-state index is 12.5. The van der Waals surface area contributed by atoms with Gasteiger partial charge in [-0.15, -0.1) is 0 Å². The Morgan fingerprint density at radius 1 is 1.00 bits per heavy atom. The van der Waals surface area contributed by atoms with Gasteiger partial charge in [-0.25, -0.2) is 4.98 Å². The van der Waals surface area contributed by atoms with Crippen LogP contribution in [0.25, 0.3) is 32.5 Å². The first-order valence-corrected chi connectivity index (χ1v) is 11.0. The average Bonchev–Trinajstić information content (AvgIpc) is 3.46. The largest absolute Gasteiger partial charge is 0.310 e. The lowest BCUT2D eigenvalue weighted by Crippen LogP contribution is -2.25. The van der Waals surface area contributed by atoms with E-state index in [1.165, 1.54) is 22.5 Å². The standard InChI is InChI=1S/C25H20N4OS/c26-16-29-13-12-21(15-29)24(30)28-25-27-22-11-10-20(14-23(22)31-25)19-8-6-18(7-9-19)17-4-2-1-3-5-17/h1-11,14,21H,12-13,15H2,(H,27,28,30)/t21-/m1/s1. The van der Waals surface area contributed by atoms with E-state index in [1.807, 2.05) is 24.3 Å². The lowest BCUT2D eigenvalue weighted by Gasteiger charge is -2.08. The maximum Gasteiger partial charge on any atom is 0.231 e. The Morgan fingerprint density at radius 3 is 2.39 bits per heavy atom. The number of carbonyl (C=O) groups excluding carboxylic acids is 1. The van der Waals surface area contributed by atoms with E-state index in [0.29, 0.717) is 24.6 Å². The van der Waals surface area contributed by atoms with Gasteiger partial charge in [0.25, 0.3) is 0 Å². The molecule has 0 unspecified atom stereocenters. The fraction of sp³-hybridized carbons (Fsp3) is 0.160. The van der Waals surface area contributed by atoms with E-state index >= 15 is 0 Å². The molecule has 0 spiro atoms. The Labute approximate surface area is 184 Å². The van der Waals surface area contributed by atoms with Gasteiger partial charge in [-0.1, -0.05) is 72.0 Å². The minimum Gasteiger partial charge on any atom is -0.310 e. The van der Waals surface area contributed by atoms with Crippen molar-refractivity contribution in [3.8, 4) is 28.4 Å². The highest BCUT2D eigenvalue weighted by Gasteiger charge is 2.28. The summed E-state index contributed by atoms with van der Waals surface area (Å²) >= 11 is 1.48. The summed E-state index contributed by atoms with van der Waals surface area (Å²) in [6.45, 7) is 1.12. The Morgan fingerprint density at radius 2 is 1.68 bits per heavy atom. The number of nitrogens with zero attached hydrogens (tertiary/aromatic N) is 3. The number of amides is 1. The normalized spacial score (nSPS) is 15.7. The summed E-state index contributed by atoms with van der Waals surface area (Å²) in [4.78, 5) is 18.7. The number of benzene rings is 3. The number of hydrogen-bond acceptors (Lipinski definition) is 5. The van der Waals surface area contributed by atoms with Gasteiger partial charge >= 0.3 is 0 Å². The fourth-order valence-corrected chi connectivity index (χ4v) is 4.82. The van der Waals surface area contributed by atoms with Crippen molar-refractivity contribution in [2.24, 2.45) is 5.92 Å². The summed E-state index contributed by atoms with van der Waals surface area (Å²) in [6, 6.07) is 25.0. The summed E-state index contributed by atoms with van der Waals surface area (Å²) in [5.74, 6) is -0.223. The first-order valence-electron chi connectivity index (χ1n) is 10.2. The molecule has 1 fully saturated rings. The smallest absolute Gasteiger partial charge is 0.231 e. The van der Waals surface area contributed by atoms with Crippen LogP contribution in [0.15, 0.2) is 72.8 Å². The van der Waals surface area contributed by atoms with Crippen molar-refractivity contribution in [3.63, 3.8) is 0 Å². The zero-order valence-corrected chi connectivity index (χ0v) is 17.6. The first kappa shape index (κ1) is 19.3. The quantitative estimate of drug-likeness (QED) is 0.447. The van der Waals surface area contributed by atoms with E-state index in [9.17, 15) is 4.79 Å². The number of rotatable bonds is 4. The molecule has 1 saturated heterocycles. The van der Waals surface area contributed by atoms with E-state index in [1.54, 1.807) is 4.90 Å². The molecule has 0 radical (unpaired) electrons. The number of anilines is 1. The van der Waals surface area contributed by atoms with E-state index in [2.05, 4.69) is 65.0 Å². The minimum absolute atomic E-state index is 0.0615. The minimum atomic E-state index is -0.162. The second kappa shape index (κ2) is 8.21. The molecule has 5 rings (SSSR count). The molecule has 0 aliphatic carbocycles. The lowest BCUT2D eigenvalue weighted by atomic mass is 10.0. The second-order valence-corrected chi connectivity index (χ2v) is 8.70. The van der Waals surface area contributed by atoms with Crippen LogP contribution >= 0.6 is 11.3 Å². The predicted molar refractivity (Wildman–Crippen MR) is 124 cm³/mol. The molecule has 1 aliphatic heterocycles. The summed E-state index contributed by atoms with van der Waals surface area (Å²) in [7, 11) is 0. The number of nitriles is 1. The molecule has 6 heteroatoms. The molecule has 1 atom stereocenters. The number of thiazole rings is 1. The van der Waals surface area contributed by atoms with Gasteiger partial charge in [0.2, 0.25) is 5.91 Å². The van der Waals surface area contributed by atoms with E-state index in [4.69, 9.17) is 5.26 Å². The van der Waals surface area contributed by atoms with Crippen LogP contribution in [-0.4, -0.2) is 28.9 Å². The predicted octanol–water partition coefficient (Wildman–Crippen LogP) is 5.37. The van der Waals surface area contributed by atoms with Crippen LogP contribution in [-0.2, 0) is 4.79 Å². The molecule has 152 valence electrons. The Kier molecular flexibility index (Phi) is 5.11. The number of hydrogen-bond donors (Lipinski definition) is 1. The third kappa shape index (κ3) is 4.00. The number of likely N-dealkylation sites (tertiary alicyclic amines) is 1. The maximum absolute atomic E-state index is 12.5. The topological polar surface area (TPSA) is 69.0 Å². The zero-order chi connectivity index (χ0) is 21.2. The van der Waals surface area contributed by atoms with Crippen molar-refractivity contribution in [3.05, 3.63) is 72.8 Å². The molecule has 31 heavy (non-hydrogen) atoms. The third-order valence-corrected chi connectivity index (χ3v) is 6.58. The summed E-state index contributed by atoms with van der Waals surface area (Å²) < 4.78 is 1.03. The molecule has 5 nitrogen and oxygen atoms in total. The van der Waals surface area contributed by atoms with Gasteiger partial charge < -0.3 is 10.2 Å². The Balaban J connectivity index is 1.34. The molecular weight excluding hydrogens is 404 g/mol. The van der Waals surface area contributed by atoms with Crippen LogP contribution in [0, 0.1) is 17.4 Å². The molecule has 0 bridgehead atoms. The van der Waals surface area contributed by atoms with Crippen LogP contribution in [0.4, 0.5) is 5.13 Å². The van der Waals surface area contributed by atoms with Crippen molar-refractivity contribution in [1.82, 2.24) is 9.88 Å². The fourth-order valence-electron chi connectivity index (χ4n) is 3.92. The molecule has 1 amide bonds. The molecular formula is C25H20N4OS. The van der Waals surface area contributed by atoms with Crippen LogP contribution in [0.3, 0.4) is 0 Å². The summed E-state index contributed by atoms with van der Waals surface area (Å²) in [6.07, 6.45) is 2.81. The highest BCUT2D eigenvalue weighted by molar-refractivity contribution is 7.22. The molecule has 1 aromatic heterocycles. The summed E-state index contributed by atoms with van der Waals surface area (Å²) in [5, 5.41) is 12.5. The van der Waals surface area contributed by atoms with Crippen molar-refractivity contribution < 1.29 is 4.79 Å². The number of fused-ring (bicyclic) bond motifs is 1. The van der Waals surface area contributed by atoms with Crippen molar-refractivity contribution in [2.75, 3.05) is 18.4 Å². The SMILES string of the molecule is N#CN1CC[C@@H](C(=O)Nc2nc3ccc(-c4ccc(-c5ccccc5)cc4)cc3s2)C1. The van der Waals surface area contributed by atoms with Gasteiger partial charge in [0.1, 0.15) is 0 Å². The monoisotopic (exact) mass is 424 g/mol. The number of aromatic nitrogens is 1. The van der Waals surface area contributed by atoms with Gasteiger partial charge in [-0.3, -0.25) is 4.79 Å². The second-order valence-electron chi connectivity index (χ2n) is 7.67. The van der Waals surface area contributed by atoms with Gasteiger partial charge in [-0.05, 0) is 40.8 Å². The van der Waals surface area contributed by atoms with Crippen LogP contribution in [0.5, 0.6) is 0 Å². The van der Waals surface area contributed by atoms with Gasteiger partial charge in [0, 0.05) is 13.1 Å². The number of carbonyl (C=O) groups is 1. The number of nitrogens with one attached hydrogen (secondary N) is 1. The highest BCUT2D eigenvalue weighted by atomic mass is 32.1. The van der Waals surface area contributed by atoms with E-state index in [-0.39, 0.29) is 11.8 Å². The average molecular weight is 425 g/mol. The first-order chi connectivity index (χ1) is 15.2. The lowest BCUT2D eigenvalue weighted by molar-refractivity contribution is -0.119. The van der Waals surface area contributed by atoms with Crippen molar-refractivity contribution in [1.29, 1.82) is 5.26 Å². The van der Waals surface area contributed by atoms with E-state index < -0.39 is 0 Å². The molecule has 4 aromatic rings. The molecule has 1 aliphatic rings. The summed E-state index contributed by atoms with van der Waals surface area (Å²) in [5.41, 5.74) is 5.52. The van der Waals surface area contributed by atoms with Gasteiger partial charge in [0.05, 0.1) is 16.1 Å². The highest BCUT2D eigenvalue weighted by Crippen LogP contribution is 2.32. The van der Waals surface area contributed by atoms with Gasteiger partial charge in [-0.2, -0.15) is 5.26 Å². The van der Waals surface area contributed by atoms with Crippen LogP contribution in [0.2, 0.25) is 0 Å². The molecule has 2 heterocycles. The van der Waals surface area contributed by atoms with Crippen molar-refractivity contribution in [2.45, 2.75) is 6.42 Å². The Hall–Kier alpha value is -3.69. The van der Waals surface area contributed by atoms with E-state index in [0.717, 1.165) is 21.3 Å². The van der Waals surface area contributed by atoms with Gasteiger partial charge in [0.15, 0.2) is 11.3 Å². The van der Waals surface area contributed by atoms with Crippen molar-refractivity contribution >= 4 is 32.6 Å². The zero-order valence-electron chi connectivity index (χ0n) is 16.8.